The highest BCUT2D eigenvalue weighted by Gasteiger charge is 2.51. The van der Waals surface area contributed by atoms with E-state index in [4.69, 9.17) is 9.47 Å². The smallest absolute Gasteiger partial charge is 0.408 e. The monoisotopic (exact) mass is 231 g/mol. The molecule has 0 bridgehead atoms. The number of ether oxygens (including phenoxy) is 2. The van der Waals surface area contributed by atoms with Crippen molar-refractivity contribution in [2.24, 2.45) is 0 Å². The lowest BCUT2D eigenvalue weighted by Crippen LogP contribution is -2.70. The number of aliphatic hydroxyl groups is 1. The third-order valence-electron chi connectivity index (χ3n) is 2.66. The van der Waals surface area contributed by atoms with E-state index >= 15 is 0 Å². The van der Waals surface area contributed by atoms with Gasteiger partial charge in [0.05, 0.1) is 18.8 Å². The first kappa shape index (κ1) is 13.3. The molecule has 5 heteroatoms. The maximum Gasteiger partial charge on any atom is 0.408 e. The van der Waals surface area contributed by atoms with Crippen LogP contribution in [0.2, 0.25) is 0 Å². The van der Waals surface area contributed by atoms with Gasteiger partial charge >= 0.3 is 6.09 Å². The molecular weight excluding hydrogens is 210 g/mol. The molecular formula is C11H21NO4. The summed E-state index contributed by atoms with van der Waals surface area (Å²) in [6.07, 6.45) is -0.530. The molecule has 1 aliphatic heterocycles. The minimum atomic E-state index is -1.01. The molecule has 0 radical (unpaired) electrons. The summed E-state index contributed by atoms with van der Waals surface area (Å²) in [5.74, 6) is 0. The van der Waals surface area contributed by atoms with Crippen molar-refractivity contribution in [1.29, 1.82) is 0 Å². The largest absolute Gasteiger partial charge is 0.444 e. The standard InChI is InChI=1S/C11H21NO4/c1-9(2,3)16-8(13)12-10(4,5)11(14)6-15-7-11/h14H,6-7H2,1-5H3,(H,12,13). The van der Waals surface area contributed by atoms with Gasteiger partial charge < -0.3 is 19.9 Å². The zero-order valence-electron chi connectivity index (χ0n) is 10.6. The predicted molar refractivity (Wildman–Crippen MR) is 59.2 cm³/mol. The average molecular weight is 231 g/mol. The summed E-state index contributed by atoms with van der Waals surface area (Å²) in [6, 6.07) is 0. The minimum absolute atomic E-state index is 0.232. The van der Waals surface area contributed by atoms with Crippen LogP contribution in [0.15, 0.2) is 0 Å². The Morgan fingerprint density at radius 1 is 1.31 bits per heavy atom. The molecule has 94 valence electrons. The van der Waals surface area contributed by atoms with E-state index in [1.54, 1.807) is 34.6 Å². The lowest BCUT2D eigenvalue weighted by Gasteiger charge is -2.48. The SMILES string of the molecule is CC(C)(C)OC(=O)NC(C)(C)C1(O)COC1. The van der Waals surface area contributed by atoms with Crippen LogP contribution in [0.3, 0.4) is 0 Å². The molecule has 0 aromatic carbocycles. The van der Waals surface area contributed by atoms with Crippen molar-refractivity contribution < 1.29 is 19.4 Å². The van der Waals surface area contributed by atoms with E-state index in [1.807, 2.05) is 0 Å². The number of carbonyl (C=O) groups excluding carboxylic acids is 1. The second-order valence-corrected chi connectivity index (χ2v) is 5.78. The van der Waals surface area contributed by atoms with Crippen LogP contribution in [0.4, 0.5) is 4.79 Å². The molecule has 1 amide bonds. The number of hydrogen-bond acceptors (Lipinski definition) is 4. The van der Waals surface area contributed by atoms with Gasteiger partial charge in [-0.2, -0.15) is 0 Å². The van der Waals surface area contributed by atoms with Gasteiger partial charge in [0.15, 0.2) is 0 Å². The first-order chi connectivity index (χ1) is 7.06. The van der Waals surface area contributed by atoms with Crippen LogP contribution in [0.25, 0.3) is 0 Å². The van der Waals surface area contributed by atoms with Gasteiger partial charge in [-0.3, -0.25) is 0 Å². The van der Waals surface area contributed by atoms with Gasteiger partial charge in [-0.05, 0) is 34.6 Å². The molecule has 1 aliphatic rings. The zero-order chi connectivity index (χ0) is 12.6. The van der Waals surface area contributed by atoms with Gasteiger partial charge in [-0.25, -0.2) is 4.79 Å². The summed E-state index contributed by atoms with van der Waals surface area (Å²) in [7, 11) is 0. The zero-order valence-corrected chi connectivity index (χ0v) is 10.6. The minimum Gasteiger partial charge on any atom is -0.444 e. The Labute approximate surface area is 96.1 Å². The lowest BCUT2D eigenvalue weighted by molar-refractivity contribution is -0.213. The van der Waals surface area contributed by atoms with E-state index in [2.05, 4.69) is 5.32 Å². The molecule has 1 saturated heterocycles. The molecule has 0 aromatic heterocycles. The predicted octanol–water partition coefficient (Wildman–Crippen LogP) is 1.05. The molecule has 0 spiro atoms. The Kier molecular flexibility index (Phi) is 3.22. The summed E-state index contributed by atoms with van der Waals surface area (Å²) in [5.41, 5.74) is -2.32. The van der Waals surface area contributed by atoms with E-state index in [9.17, 15) is 9.90 Å². The molecule has 0 aliphatic carbocycles. The fraction of sp³-hybridized carbons (Fsp3) is 0.909. The Bertz CT molecular complexity index is 276. The summed E-state index contributed by atoms with van der Waals surface area (Å²) in [4.78, 5) is 11.6. The number of alkyl carbamates (subject to hydrolysis) is 1. The van der Waals surface area contributed by atoms with E-state index in [0.29, 0.717) is 0 Å². The molecule has 0 saturated carbocycles. The van der Waals surface area contributed by atoms with Crippen molar-refractivity contribution in [3.63, 3.8) is 0 Å². The maximum atomic E-state index is 11.6. The highest BCUT2D eigenvalue weighted by atomic mass is 16.6. The maximum absolute atomic E-state index is 11.6. The first-order valence-corrected chi connectivity index (χ1v) is 5.37. The molecule has 2 N–H and O–H groups in total. The number of carbonyl (C=O) groups is 1. The van der Waals surface area contributed by atoms with Crippen LogP contribution in [-0.4, -0.2) is 41.2 Å². The van der Waals surface area contributed by atoms with Crippen molar-refractivity contribution >= 4 is 6.09 Å². The van der Waals surface area contributed by atoms with Crippen molar-refractivity contribution in [2.45, 2.75) is 51.4 Å². The van der Waals surface area contributed by atoms with Crippen LogP contribution in [0.5, 0.6) is 0 Å². The normalized spacial score (nSPS) is 19.9. The number of amides is 1. The second kappa shape index (κ2) is 3.89. The average Bonchev–Trinajstić information content (AvgIpc) is 1.94. The van der Waals surface area contributed by atoms with Crippen LogP contribution in [0.1, 0.15) is 34.6 Å². The highest BCUT2D eigenvalue weighted by Crippen LogP contribution is 2.29. The molecule has 16 heavy (non-hydrogen) atoms. The molecule has 1 fully saturated rings. The van der Waals surface area contributed by atoms with Crippen LogP contribution in [-0.2, 0) is 9.47 Å². The van der Waals surface area contributed by atoms with Gasteiger partial charge in [0, 0.05) is 0 Å². The summed E-state index contributed by atoms with van der Waals surface area (Å²) in [6.45, 7) is 9.34. The van der Waals surface area contributed by atoms with Crippen molar-refractivity contribution in [2.75, 3.05) is 13.2 Å². The van der Waals surface area contributed by atoms with E-state index in [-0.39, 0.29) is 13.2 Å². The number of nitrogens with one attached hydrogen (secondary N) is 1. The quantitative estimate of drug-likeness (QED) is 0.745. The fourth-order valence-corrected chi connectivity index (χ4v) is 1.33. The molecule has 5 nitrogen and oxygen atoms in total. The summed E-state index contributed by atoms with van der Waals surface area (Å²) < 4.78 is 10.1. The molecule has 0 aromatic rings. The van der Waals surface area contributed by atoms with Gasteiger partial charge in [-0.15, -0.1) is 0 Å². The van der Waals surface area contributed by atoms with E-state index in [1.165, 1.54) is 0 Å². The molecule has 1 rings (SSSR count). The highest BCUT2D eigenvalue weighted by molar-refractivity contribution is 5.69. The van der Waals surface area contributed by atoms with Crippen LogP contribution in [0, 0.1) is 0 Å². The van der Waals surface area contributed by atoms with Gasteiger partial charge in [0.1, 0.15) is 11.2 Å². The Balaban J connectivity index is 2.56. The molecule has 0 unspecified atom stereocenters. The number of rotatable bonds is 2. The molecule has 1 heterocycles. The van der Waals surface area contributed by atoms with E-state index in [0.717, 1.165) is 0 Å². The van der Waals surface area contributed by atoms with Crippen molar-refractivity contribution in [1.82, 2.24) is 5.32 Å². The Morgan fingerprint density at radius 3 is 2.12 bits per heavy atom. The topological polar surface area (TPSA) is 67.8 Å². The molecule has 0 atom stereocenters. The Morgan fingerprint density at radius 2 is 1.81 bits per heavy atom. The second-order valence-electron chi connectivity index (χ2n) is 5.78. The first-order valence-electron chi connectivity index (χ1n) is 5.37. The summed E-state index contributed by atoms with van der Waals surface area (Å²) in [5, 5.41) is 12.8. The third-order valence-corrected chi connectivity index (χ3v) is 2.66. The van der Waals surface area contributed by atoms with Gasteiger partial charge in [0.25, 0.3) is 0 Å². The van der Waals surface area contributed by atoms with Crippen LogP contribution >= 0.6 is 0 Å². The van der Waals surface area contributed by atoms with Gasteiger partial charge in [-0.1, -0.05) is 0 Å². The van der Waals surface area contributed by atoms with Gasteiger partial charge in [0.2, 0.25) is 0 Å². The van der Waals surface area contributed by atoms with Crippen LogP contribution < -0.4 is 5.32 Å². The Hall–Kier alpha value is -0.810. The van der Waals surface area contributed by atoms with Crippen molar-refractivity contribution in [3.8, 4) is 0 Å². The lowest BCUT2D eigenvalue weighted by atomic mass is 9.81. The van der Waals surface area contributed by atoms with E-state index < -0.39 is 22.8 Å². The van der Waals surface area contributed by atoms with Crippen molar-refractivity contribution in [3.05, 3.63) is 0 Å². The third kappa shape index (κ3) is 2.86. The number of hydrogen-bond donors (Lipinski definition) is 2. The fourth-order valence-electron chi connectivity index (χ4n) is 1.33. The summed E-state index contributed by atoms with van der Waals surface area (Å²) >= 11 is 0.